The number of rotatable bonds is 3. The third-order valence-corrected chi connectivity index (χ3v) is 5.18. The number of alkyl halides is 3. The van der Waals surface area contributed by atoms with Crippen LogP contribution >= 0.6 is 0 Å². The highest BCUT2D eigenvalue weighted by molar-refractivity contribution is 5.90. The summed E-state index contributed by atoms with van der Waals surface area (Å²) in [7, 11) is 0. The first-order chi connectivity index (χ1) is 12.4. The molecule has 2 atom stereocenters. The first kappa shape index (κ1) is 16.9. The molecule has 2 bridgehead atoms. The molecule has 1 saturated carbocycles. The average molecular weight is 361 g/mol. The van der Waals surface area contributed by atoms with Crippen molar-refractivity contribution < 1.29 is 22.7 Å². The van der Waals surface area contributed by atoms with Gasteiger partial charge in [0.1, 0.15) is 11.5 Å². The minimum atomic E-state index is -4.74. The van der Waals surface area contributed by atoms with Crippen molar-refractivity contribution in [1.29, 1.82) is 0 Å². The van der Waals surface area contributed by atoms with Crippen molar-refractivity contribution in [3.05, 3.63) is 59.7 Å². The van der Waals surface area contributed by atoms with Gasteiger partial charge in [-0.1, -0.05) is 36.4 Å². The summed E-state index contributed by atoms with van der Waals surface area (Å²) >= 11 is 0. The lowest BCUT2D eigenvalue weighted by Gasteiger charge is -2.45. The third-order valence-electron chi connectivity index (χ3n) is 5.18. The van der Waals surface area contributed by atoms with Crippen LogP contribution in [-0.2, 0) is 11.3 Å². The number of benzene rings is 2. The first-order valence-electron chi connectivity index (χ1n) is 8.64. The molecule has 0 saturated heterocycles. The highest BCUT2D eigenvalue weighted by atomic mass is 19.4. The van der Waals surface area contributed by atoms with E-state index in [2.05, 4.69) is 9.64 Å². The minimum Gasteiger partial charge on any atom is -0.406 e. The largest absolute Gasteiger partial charge is 0.573 e. The van der Waals surface area contributed by atoms with Crippen LogP contribution in [-0.4, -0.2) is 18.2 Å². The summed E-state index contributed by atoms with van der Waals surface area (Å²) in [4.78, 5) is 14.4. The molecule has 2 aromatic carbocycles. The lowest BCUT2D eigenvalue weighted by atomic mass is 9.75. The summed E-state index contributed by atoms with van der Waals surface area (Å²) in [6.45, 7) is 0.592. The molecule has 3 nitrogen and oxygen atoms in total. The minimum absolute atomic E-state index is 0.145. The van der Waals surface area contributed by atoms with Gasteiger partial charge in [0.05, 0.1) is 0 Å². The van der Waals surface area contributed by atoms with Gasteiger partial charge in [0.15, 0.2) is 0 Å². The second kappa shape index (κ2) is 6.34. The Morgan fingerprint density at radius 1 is 1.12 bits per heavy atom. The average Bonchev–Trinajstić information content (AvgIpc) is 2.60. The number of nitrogens with zero attached hydrogens (tertiary/aromatic N) is 1. The Balaban J connectivity index is 1.74. The van der Waals surface area contributed by atoms with E-state index in [1.165, 1.54) is 12.1 Å². The zero-order chi connectivity index (χ0) is 18.3. The van der Waals surface area contributed by atoms with Gasteiger partial charge in [0, 0.05) is 36.7 Å². The maximum atomic E-state index is 12.6. The van der Waals surface area contributed by atoms with Crippen LogP contribution in [0.1, 0.15) is 36.3 Å². The van der Waals surface area contributed by atoms with Crippen molar-refractivity contribution in [1.82, 2.24) is 0 Å². The molecule has 1 aliphatic carbocycles. The molecule has 0 radical (unpaired) electrons. The number of fused-ring (bicyclic) bond motifs is 4. The zero-order valence-electron chi connectivity index (χ0n) is 14.0. The third kappa shape index (κ3) is 3.28. The number of hydrogen-bond acceptors (Lipinski definition) is 3. The molecule has 0 N–H and O–H groups in total. The second-order valence-electron chi connectivity index (χ2n) is 6.83. The monoisotopic (exact) mass is 361 g/mol. The van der Waals surface area contributed by atoms with Gasteiger partial charge in [-0.05, 0) is 30.0 Å². The number of Topliss-reactive ketones (excluding diaryl/α,β-unsaturated/α-hetero) is 1. The SMILES string of the molecule is O=C1CC[C@@H]2C[C@H]1c1ccc(OC(F)(F)F)cc1N2Cc1ccccc1. The molecule has 1 fully saturated rings. The van der Waals surface area contributed by atoms with Crippen LogP contribution in [0.3, 0.4) is 0 Å². The standard InChI is InChI=1S/C20H18F3NO2/c21-20(22,23)26-15-7-8-16-17-10-14(6-9-19(17)25)24(18(16)11-15)12-13-4-2-1-3-5-13/h1-5,7-8,11,14,17H,6,9-10,12H2/t14-,17+/m1/s1. The first-order valence-corrected chi connectivity index (χ1v) is 8.64. The number of anilines is 1. The fraction of sp³-hybridized carbons (Fsp3) is 0.350. The van der Waals surface area contributed by atoms with Gasteiger partial charge in [-0.3, -0.25) is 4.79 Å². The molecule has 0 spiro atoms. The molecule has 136 valence electrons. The number of halogens is 3. The van der Waals surface area contributed by atoms with Crippen LogP contribution in [0, 0.1) is 0 Å². The molecule has 0 amide bonds. The molecule has 2 aliphatic rings. The number of hydrogen-bond donors (Lipinski definition) is 0. The molecule has 4 rings (SSSR count). The van der Waals surface area contributed by atoms with Gasteiger partial charge in [0.2, 0.25) is 0 Å². The van der Waals surface area contributed by atoms with Gasteiger partial charge in [-0.15, -0.1) is 13.2 Å². The van der Waals surface area contributed by atoms with Crippen LogP contribution in [0.15, 0.2) is 48.5 Å². The van der Waals surface area contributed by atoms with E-state index in [9.17, 15) is 18.0 Å². The van der Waals surface area contributed by atoms with E-state index in [0.29, 0.717) is 18.7 Å². The Labute approximate surface area is 149 Å². The summed E-state index contributed by atoms with van der Waals surface area (Å²) in [5.74, 6) is -0.302. The van der Waals surface area contributed by atoms with E-state index in [1.54, 1.807) is 6.07 Å². The van der Waals surface area contributed by atoms with Gasteiger partial charge in [0.25, 0.3) is 0 Å². The van der Waals surface area contributed by atoms with Crippen molar-refractivity contribution in [2.75, 3.05) is 4.90 Å². The molecule has 2 aromatic rings. The van der Waals surface area contributed by atoms with Gasteiger partial charge >= 0.3 is 6.36 Å². The van der Waals surface area contributed by atoms with E-state index >= 15 is 0 Å². The Morgan fingerprint density at radius 3 is 2.62 bits per heavy atom. The smallest absolute Gasteiger partial charge is 0.406 e. The normalized spacial score (nSPS) is 22.1. The van der Waals surface area contributed by atoms with Crippen molar-refractivity contribution in [3.8, 4) is 5.75 Å². The Bertz CT molecular complexity index is 820. The molecule has 1 heterocycles. The van der Waals surface area contributed by atoms with Gasteiger partial charge in [-0.2, -0.15) is 0 Å². The quantitative estimate of drug-likeness (QED) is 0.786. The Hall–Kier alpha value is -2.50. The highest BCUT2D eigenvalue weighted by Crippen LogP contribution is 2.46. The van der Waals surface area contributed by atoms with E-state index < -0.39 is 6.36 Å². The van der Waals surface area contributed by atoms with Crippen LogP contribution in [0.5, 0.6) is 5.75 Å². The Kier molecular flexibility index (Phi) is 4.13. The number of ketones is 1. The summed E-state index contributed by atoms with van der Waals surface area (Å²) in [6, 6.07) is 14.3. The summed E-state index contributed by atoms with van der Waals surface area (Å²) in [6.07, 6.45) is -2.77. The Morgan fingerprint density at radius 2 is 1.88 bits per heavy atom. The topological polar surface area (TPSA) is 29.5 Å². The van der Waals surface area contributed by atoms with Crippen molar-refractivity contribution in [2.45, 2.75) is 44.1 Å². The van der Waals surface area contributed by atoms with E-state index in [4.69, 9.17) is 0 Å². The maximum Gasteiger partial charge on any atom is 0.573 e. The number of carbonyl (C=O) groups excluding carboxylic acids is 1. The number of ether oxygens (including phenoxy) is 1. The van der Waals surface area contributed by atoms with Crippen LogP contribution in [0.25, 0.3) is 0 Å². The summed E-state index contributed by atoms with van der Waals surface area (Å²) in [5, 5.41) is 0. The second-order valence-corrected chi connectivity index (χ2v) is 6.83. The summed E-state index contributed by atoms with van der Waals surface area (Å²) in [5.41, 5.74) is 2.55. The lowest BCUT2D eigenvalue weighted by Crippen LogP contribution is -2.45. The number of carbonyl (C=O) groups is 1. The predicted octanol–water partition coefficient (Wildman–Crippen LogP) is 4.81. The van der Waals surface area contributed by atoms with Crippen molar-refractivity contribution in [3.63, 3.8) is 0 Å². The molecular weight excluding hydrogens is 343 g/mol. The van der Waals surface area contributed by atoms with Gasteiger partial charge < -0.3 is 9.64 Å². The molecular formula is C20H18F3NO2. The predicted molar refractivity (Wildman–Crippen MR) is 91.1 cm³/mol. The van der Waals surface area contributed by atoms with E-state index in [1.807, 2.05) is 30.3 Å². The van der Waals surface area contributed by atoms with Crippen molar-refractivity contribution in [2.24, 2.45) is 0 Å². The fourth-order valence-corrected chi connectivity index (χ4v) is 4.04. The highest BCUT2D eigenvalue weighted by Gasteiger charge is 2.40. The molecule has 26 heavy (non-hydrogen) atoms. The van der Waals surface area contributed by atoms with Crippen LogP contribution in [0.2, 0.25) is 0 Å². The summed E-state index contributed by atoms with van der Waals surface area (Å²) < 4.78 is 42.0. The molecule has 0 aromatic heterocycles. The fourth-order valence-electron chi connectivity index (χ4n) is 4.04. The zero-order valence-corrected chi connectivity index (χ0v) is 14.0. The van der Waals surface area contributed by atoms with E-state index in [-0.39, 0.29) is 23.5 Å². The van der Waals surface area contributed by atoms with Gasteiger partial charge in [-0.25, -0.2) is 0 Å². The van der Waals surface area contributed by atoms with Crippen LogP contribution in [0.4, 0.5) is 18.9 Å². The molecule has 0 unspecified atom stereocenters. The van der Waals surface area contributed by atoms with E-state index in [0.717, 1.165) is 24.0 Å². The van der Waals surface area contributed by atoms with Crippen molar-refractivity contribution >= 4 is 11.5 Å². The molecule has 6 heteroatoms. The molecule has 1 aliphatic heterocycles. The van der Waals surface area contributed by atoms with Crippen LogP contribution < -0.4 is 9.64 Å². The maximum absolute atomic E-state index is 12.6. The lowest BCUT2D eigenvalue weighted by molar-refractivity contribution is -0.274.